The van der Waals surface area contributed by atoms with Crippen LogP contribution in [0.2, 0.25) is 0 Å². The van der Waals surface area contributed by atoms with E-state index in [-0.39, 0.29) is 0 Å². The second kappa shape index (κ2) is 6.68. The Balaban J connectivity index is 1.57. The van der Waals surface area contributed by atoms with Gasteiger partial charge in [0.05, 0.1) is 4.90 Å². The molecule has 28 heavy (non-hydrogen) atoms. The summed E-state index contributed by atoms with van der Waals surface area (Å²) in [5.41, 5.74) is 5.25. The molecule has 3 unspecified atom stereocenters. The number of fused-ring (bicyclic) bond motifs is 4. The Hall–Kier alpha value is -1.69. The molecule has 0 N–H and O–H groups in total. The van der Waals surface area contributed by atoms with Crippen molar-refractivity contribution in [3.05, 3.63) is 64.7 Å². The third-order valence-electron chi connectivity index (χ3n) is 7.13. The first-order valence-electron chi connectivity index (χ1n) is 10.3. The van der Waals surface area contributed by atoms with Crippen LogP contribution in [0.15, 0.2) is 47.4 Å². The van der Waals surface area contributed by atoms with Gasteiger partial charge < -0.3 is 0 Å². The summed E-state index contributed by atoms with van der Waals surface area (Å²) in [7, 11) is -0.921. The predicted molar refractivity (Wildman–Crippen MR) is 111 cm³/mol. The highest BCUT2D eigenvalue weighted by atomic mass is 32.2. The largest absolute Gasteiger partial charge is 0.298 e. The van der Waals surface area contributed by atoms with Gasteiger partial charge in [-0.1, -0.05) is 30.3 Å². The molecule has 1 aliphatic carbocycles. The SMILES string of the molecule is CN1C2CCC1CN(C1Cc3cc(S(C)(=O)=O)ccc3Cc3ccccc31)C2. The lowest BCUT2D eigenvalue weighted by Crippen LogP contribution is -2.53. The fraction of sp³-hybridized carbons (Fsp3) is 0.478. The van der Waals surface area contributed by atoms with Crippen LogP contribution in [0, 0.1) is 0 Å². The molecule has 3 aliphatic rings. The second-order valence-electron chi connectivity index (χ2n) is 8.80. The lowest BCUT2D eigenvalue weighted by Gasteiger charge is -2.43. The number of benzene rings is 2. The van der Waals surface area contributed by atoms with Gasteiger partial charge in [0.15, 0.2) is 9.84 Å². The predicted octanol–water partition coefficient (Wildman–Crippen LogP) is 3.06. The first kappa shape index (κ1) is 18.3. The number of likely N-dealkylation sites (N-methyl/N-ethyl adjacent to an activating group) is 1. The molecule has 0 aromatic heterocycles. The standard InChI is InChI=1S/C23H28N2O2S/c1-24-19-8-9-20(24)15-25(14-19)23-13-18-12-21(28(2,26)27)10-7-16(18)11-17-5-3-4-6-22(17)23/h3-7,10,12,19-20,23H,8-9,11,13-15H2,1-2H3. The van der Waals surface area contributed by atoms with Crippen LogP contribution in [0.1, 0.15) is 41.1 Å². The third kappa shape index (κ3) is 3.10. The maximum Gasteiger partial charge on any atom is 0.175 e. The zero-order chi connectivity index (χ0) is 19.5. The van der Waals surface area contributed by atoms with E-state index < -0.39 is 9.84 Å². The van der Waals surface area contributed by atoms with Crippen molar-refractivity contribution in [2.45, 2.75) is 48.7 Å². The van der Waals surface area contributed by atoms with Gasteiger partial charge in [-0.05, 0) is 67.1 Å². The van der Waals surface area contributed by atoms with E-state index >= 15 is 0 Å². The summed E-state index contributed by atoms with van der Waals surface area (Å²) in [4.78, 5) is 5.67. The molecule has 0 amide bonds. The molecule has 5 rings (SSSR count). The zero-order valence-corrected chi connectivity index (χ0v) is 17.5. The summed E-state index contributed by atoms with van der Waals surface area (Å²) in [6.45, 7) is 2.21. The molecule has 148 valence electrons. The number of piperazine rings is 1. The number of hydrogen-bond donors (Lipinski definition) is 0. The van der Waals surface area contributed by atoms with E-state index in [0.29, 0.717) is 23.0 Å². The zero-order valence-electron chi connectivity index (χ0n) is 16.6. The Morgan fingerprint density at radius 2 is 1.64 bits per heavy atom. The van der Waals surface area contributed by atoms with Crippen molar-refractivity contribution in [1.29, 1.82) is 0 Å². The minimum absolute atomic E-state index is 0.323. The lowest BCUT2D eigenvalue weighted by atomic mass is 9.95. The Morgan fingerprint density at radius 1 is 0.929 bits per heavy atom. The average Bonchev–Trinajstić information content (AvgIpc) is 2.86. The number of nitrogens with zero attached hydrogens (tertiary/aromatic N) is 2. The molecule has 5 heteroatoms. The van der Waals surface area contributed by atoms with Crippen LogP contribution in [-0.2, 0) is 22.7 Å². The van der Waals surface area contributed by atoms with Crippen molar-refractivity contribution in [1.82, 2.24) is 9.80 Å². The molecule has 4 nitrogen and oxygen atoms in total. The third-order valence-corrected chi connectivity index (χ3v) is 8.24. The van der Waals surface area contributed by atoms with Crippen molar-refractivity contribution in [2.75, 3.05) is 26.4 Å². The highest BCUT2D eigenvalue weighted by Crippen LogP contribution is 2.39. The summed E-state index contributed by atoms with van der Waals surface area (Å²) in [6.07, 6.45) is 5.66. The van der Waals surface area contributed by atoms with E-state index in [1.54, 1.807) is 6.07 Å². The van der Waals surface area contributed by atoms with Crippen molar-refractivity contribution in [3.8, 4) is 0 Å². The van der Waals surface area contributed by atoms with Crippen LogP contribution in [-0.4, -0.2) is 56.7 Å². The monoisotopic (exact) mass is 396 g/mol. The van der Waals surface area contributed by atoms with Gasteiger partial charge in [-0.25, -0.2) is 8.42 Å². The highest BCUT2D eigenvalue weighted by Gasteiger charge is 2.40. The van der Waals surface area contributed by atoms with Gasteiger partial charge >= 0.3 is 0 Å². The van der Waals surface area contributed by atoms with Gasteiger partial charge in [0.25, 0.3) is 0 Å². The summed E-state index contributed by atoms with van der Waals surface area (Å²) >= 11 is 0. The van der Waals surface area contributed by atoms with Gasteiger partial charge in [0.2, 0.25) is 0 Å². The van der Waals surface area contributed by atoms with Crippen LogP contribution in [0.5, 0.6) is 0 Å². The number of hydrogen-bond acceptors (Lipinski definition) is 4. The molecule has 2 bridgehead atoms. The summed E-state index contributed by atoms with van der Waals surface area (Å²) < 4.78 is 24.2. The number of sulfone groups is 1. The Bertz CT molecular complexity index is 1000. The van der Waals surface area contributed by atoms with Gasteiger partial charge in [0.1, 0.15) is 0 Å². The van der Waals surface area contributed by atoms with Crippen LogP contribution < -0.4 is 0 Å². The Morgan fingerprint density at radius 3 is 2.36 bits per heavy atom. The first-order valence-corrected chi connectivity index (χ1v) is 12.1. The van der Waals surface area contributed by atoms with Crippen molar-refractivity contribution in [3.63, 3.8) is 0 Å². The maximum absolute atomic E-state index is 12.1. The van der Waals surface area contributed by atoms with E-state index in [1.807, 2.05) is 12.1 Å². The molecule has 2 aromatic carbocycles. The van der Waals surface area contributed by atoms with E-state index in [4.69, 9.17) is 0 Å². The highest BCUT2D eigenvalue weighted by molar-refractivity contribution is 7.90. The topological polar surface area (TPSA) is 40.6 Å². The van der Waals surface area contributed by atoms with Gasteiger partial charge in [-0.2, -0.15) is 0 Å². The summed E-state index contributed by atoms with van der Waals surface area (Å²) in [6, 6.07) is 16.1. The number of rotatable bonds is 2. The normalized spacial score (nSPS) is 27.9. The molecular weight excluding hydrogens is 368 g/mol. The smallest absolute Gasteiger partial charge is 0.175 e. The minimum Gasteiger partial charge on any atom is -0.298 e. The van der Waals surface area contributed by atoms with E-state index in [1.165, 1.54) is 41.4 Å². The fourth-order valence-electron chi connectivity index (χ4n) is 5.47. The Labute approximate surface area is 168 Å². The van der Waals surface area contributed by atoms with Gasteiger partial charge in [0, 0.05) is 37.5 Å². The molecule has 0 saturated carbocycles. The van der Waals surface area contributed by atoms with Crippen LogP contribution in [0.4, 0.5) is 0 Å². The Kier molecular flexibility index (Phi) is 4.38. The van der Waals surface area contributed by atoms with E-state index in [9.17, 15) is 8.42 Å². The molecule has 2 aromatic rings. The van der Waals surface area contributed by atoms with Crippen LogP contribution in [0.3, 0.4) is 0 Å². The van der Waals surface area contributed by atoms with Crippen molar-refractivity contribution < 1.29 is 8.42 Å². The average molecular weight is 397 g/mol. The van der Waals surface area contributed by atoms with Gasteiger partial charge in [-0.3, -0.25) is 9.80 Å². The molecule has 0 radical (unpaired) electrons. The maximum atomic E-state index is 12.1. The van der Waals surface area contributed by atoms with Crippen molar-refractivity contribution >= 4 is 9.84 Å². The number of likely N-dealkylation sites (tertiary alicyclic amines) is 1. The molecule has 0 spiro atoms. The fourth-order valence-corrected chi connectivity index (χ4v) is 6.14. The van der Waals surface area contributed by atoms with E-state index in [2.05, 4.69) is 41.1 Å². The lowest BCUT2D eigenvalue weighted by molar-refractivity contribution is 0.0572. The molecule has 2 aliphatic heterocycles. The first-order chi connectivity index (χ1) is 13.4. The van der Waals surface area contributed by atoms with Crippen LogP contribution >= 0.6 is 0 Å². The molecule has 2 heterocycles. The molecule has 3 atom stereocenters. The summed E-state index contributed by atoms with van der Waals surface area (Å²) in [5, 5.41) is 0. The quantitative estimate of drug-likeness (QED) is 0.782. The molecule has 2 saturated heterocycles. The van der Waals surface area contributed by atoms with Crippen LogP contribution in [0.25, 0.3) is 0 Å². The van der Waals surface area contributed by atoms with Gasteiger partial charge in [-0.15, -0.1) is 0 Å². The van der Waals surface area contributed by atoms with Crippen molar-refractivity contribution in [2.24, 2.45) is 0 Å². The minimum atomic E-state index is -3.19. The molecular formula is C23H28N2O2S. The summed E-state index contributed by atoms with van der Waals surface area (Å²) in [5.74, 6) is 0. The molecule has 2 fully saturated rings. The second-order valence-corrected chi connectivity index (χ2v) is 10.8. The van der Waals surface area contributed by atoms with E-state index in [0.717, 1.165) is 25.9 Å².